The van der Waals surface area contributed by atoms with E-state index in [1.54, 1.807) is 6.08 Å². The Morgan fingerprint density at radius 3 is 0.909 bits per heavy atom. The molecule has 0 aromatic rings. The van der Waals surface area contributed by atoms with Gasteiger partial charge < -0.3 is 89.9 Å². The van der Waals surface area contributed by atoms with Crippen LogP contribution >= 0.6 is 0 Å². The highest BCUT2D eigenvalue weighted by Crippen LogP contribution is 2.34. The number of carbonyl (C=O) groups excluding carboxylic acids is 1. The molecule has 650 valence electrons. The fourth-order valence-electron chi connectivity index (χ4n) is 16.1. The average Bonchev–Trinajstić information content (AvgIpc) is 0.779. The lowest BCUT2D eigenvalue weighted by Gasteiger charge is -2.48. The Bertz CT molecular complexity index is 2070. The summed E-state index contributed by atoms with van der Waals surface area (Å²) in [6.45, 7) is 1.80. The van der Waals surface area contributed by atoms with Crippen LogP contribution in [-0.4, -0.2) is 193 Å². The second kappa shape index (κ2) is 71.4. The van der Waals surface area contributed by atoms with E-state index in [1.165, 1.54) is 347 Å². The molecule has 0 aliphatic carbocycles. The highest BCUT2D eigenvalue weighted by molar-refractivity contribution is 5.76. The van der Waals surface area contributed by atoms with Crippen molar-refractivity contribution in [2.75, 3.05) is 26.4 Å². The third kappa shape index (κ3) is 49.5. The molecule has 0 radical (unpaired) electrons. The lowest BCUT2D eigenvalue weighted by atomic mass is 9.96. The molecule has 3 heterocycles. The van der Waals surface area contributed by atoms with E-state index in [1.807, 2.05) is 6.08 Å². The van der Waals surface area contributed by atoms with Crippen LogP contribution in [0.15, 0.2) is 24.3 Å². The Balaban J connectivity index is 1.32. The second-order valence-corrected chi connectivity index (χ2v) is 33.5. The Morgan fingerprint density at radius 1 is 0.318 bits per heavy atom. The minimum absolute atomic E-state index is 0.241. The maximum Gasteiger partial charge on any atom is 0.220 e. The van der Waals surface area contributed by atoms with Crippen molar-refractivity contribution < 1.29 is 89.4 Å². The fourth-order valence-corrected chi connectivity index (χ4v) is 16.1. The number of unbranched alkanes of at least 4 members (excludes halogenated alkanes) is 59. The fraction of sp³-hybridized carbons (Fsp3) is 0.945. The average molecular weight is 1570 g/mol. The molecule has 3 saturated heterocycles. The molecule has 1 amide bonds. The van der Waals surface area contributed by atoms with Crippen LogP contribution in [0, 0.1) is 0 Å². The topological polar surface area (TPSA) is 307 Å². The van der Waals surface area contributed by atoms with Gasteiger partial charge in [-0.2, -0.15) is 0 Å². The molecular weight excluding hydrogens is 1390 g/mol. The van der Waals surface area contributed by atoms with E-state index in [-0.39, 0.29) is 18.9 Å². The molecule has 0 spiro atoms. The molecule has 0 aromatic carbocycles. The number of hydrogen-bond acceptors (Lipinski definition) is 18. The third-order valence-electron chi connectivity index (χ3n) is 23.5. The van der Waals surface area contributed by atoms with E-state index in [9.17, 15) is 61.0 Å². The number of hydrogen-bond donors (Lipinski definition) is 12. The van der Waals surface area contributed by atoms with Gasteiger partial charge in [-0.25, -0.2) is 0 Å². The van der Waals surface area contributed by atoms with Crippen molar-refractivity contribution in [3.05, 3.63) is 24.3 Å². The van der Waals surface area contributed by atoms with Gasteiger partial charge in [0.15, 0.2) is 18.9 Å². The standard InChI is InChI=1S/C91H173NO18/c1-3-5-7-9-11-13-15-17-19-21-23-25-27-29-31-33-34-35-36-37-38-39-41-43-45-47-49-51-53-55-57-59-61-63-65-67-69-79(97)92-74(75(96)68-66-64-62-60-58-56-54-52-50-48-46-44-42-40-32-30-28-26-24-22-20-18-16-14-12-10-8-6-4-2)73-105-89-85(103)82(100)87(77(71-94)107-89)110-91-86(104)83(101)88(78(72-95)108-91)109-90-84(102)81(99)80(98)76(70-93)106-90/h58,60,66,68,74-78,80-91,93-96,98-104H,3-57,59,61-65,67,69-73H2,1-2H3,(H,92,97)/b60-58+,68-66+. The number of ether oxygens (including phenoxy) is 6. The summed E-state index contributed by atoms with van der Waals surface area (Å²) in [5, 5.41) is 121. The zero-order chi connectivity index (χ0) is 79.5. The summed E-state index contributed by atoms with van der Waals surface area (Å²) in [5.41, 5.74) is 0. The van der Waals surface area contributed by atoms with E-state index < -0.39 is 124 Å². The summed E-state index contributed by atoms with van der Waals surface area (Å²) >= 11 is 0. The molecular formula is C91H173NO18. The molecule has 0 bridgehead atoms. The minimum atomic E-state index is -1.98. The summed E-state index contributed by atoms with van der Waals surface area (Å²) < 4.78 is 34.5. The summed E-state index contributed by atoms with van der Waals surface area (Å²) in [6.07, 6.45) is 63.6. The van der Waals surface area contributed by atoms with Crippen LogP contribution in [0.4, 0.5) is 0 Å². The Hall–Kier alpha value is -1.73. The number of rotatable bonds is 77. The molecule has 3 rings (SSSR count). The summed E-state index contributed by atoms with van der Waals surface area (Å²) in [7, 11) is 0. The molecule has 110 heavy (non-hydrogen) atoms. The summed E-state index contributed by atoms with van der Waals surface area (Å²) in [6, 6.07) is -0.990. The third-order valence-corrected chi connectivity index (χ3v) is 23.5. The van der Waals surface area contributed by atoms with Crippen LogP contribution in [0.3, 0.4) is 0 Å². The molecule has 0 saturated carbocycles. The highest BCUT2D eigenvalue weighted by Gasteiger charge is 2.54. The SMILES string of the molecule is CCCCCCCCCCCCCCCCCCCCCCCCC/C=C/CC/C=C/C(O)C(COC1OC(CO)C(OC2OC(CO)C(OC3OC(CO)C(O)C(O)C3O)C(O)C2O)C(O)C1O)NC(=O)CCCCCCCCCCCCCCCCCCCCCCCCCCCCCCCCCCCCCC. The van der Waals surface area contributed by atoms with Crippen molar-refractivity contribution in [1.29, 1.82) is 0 Å². The Morgan fingerprint density at radius 2 is 0.582 bits per heavy atom. The van der Waals surface area contributed by atoms with Crippen molar-refractivity contribution in [3.63, 3.8) is 0 Å². The van der Waals surface area contributed by atoms with Crippen molar-refractivity contribution in [1.82, 2.24) is 5.32 Å². The molecule has 3 fully saturated rings. The van der Waals surface area contributed by atoms with E-state index in [4.69, 9.17) is 28.4 Å². The van der Waals surface area contributed by atoms with Crippen LogP contribution in [0.2, 0.25) is 0 Å². The van der Waals surface area contributed by atoms with Crippen molar-refractivity contribution in [2.45, 2.75) is 523 Å². The van der Waals surface area contributed by atoms with E-state index in [2.05, 4.69) is 31.3 Å². The van der Waals surface area contributed by atoms with Crippen molar-refractivity contribution >= 4 is 5.91 Å². The number of amides is 1. The smallest absolute Gasteiger partial charge is 0.220 e. The minimum Gasteiger partial charge on any atom is -0.394 e. The molecule has 17 unspecified atom stereocenters. The summed E-state index contributed by atoms with van der Waals surface area (Å²) in [5.74, 6) is -0.275. The Kier molecular flexibility index (Phi) is 66.5. The lowest BCUT2D eigenvalue weighted by Crippen LogP contribution is -2.66. The first-order valence-corrected chi connectivity index (χ1v) is 46.6. The van der Waals surface area contributed by atoms with Gasteiger partial charge in [-0.15, -0.1) is 0 Å². The van der Waals surface area contributed by atoms with E-state index in [0.717, 1.165) is 38.5 Å². The van der Waals surface area contributed by atoms with Gasteiger partial charge in [-0.05, 0) is 32.1 Å². The number of aliphatic hydroxyl groups excluding tert-OH is 11. The van der Waals surface area contributed by atoms with Gasteiger partial charge in [0, 0.05) is 6.42 Å². The van der Waals surface area contributed by atoms with Gasteiger partial charge in [0.05, 0.1) is 38.6 Å². The van der Waals surface area contributed by atoms with Gasteiger partial charge in [-0.1, -0.05) is 404 Å². The zero-order valence-electron chi connectivity index (χ0n) is 70.3. The van der Waals surface area contributed by atoms with Crippen LogP contribution in [0.25, 0.3) is 0 Å². The van der Waals surface area contributed by atoms with E-state index >= 15 is 0 Å². The quantitative estimate of drug-likeness (QED) is 0.0199. The van der Waals surface area contributed by atoms with Crippen LogP contribution in [-0.2, 0) is 33.2 Å². The predicted molar refractivity (Wildman–Crippen MR) is 443 cm³/mol. The largest absolute Gasteiger partial charge is 0.394 e. The number of allylic oxidation sites excluding steroid dienone is 3. The molecule has 19 nitrogen and oxygen atoms in total. The zero-order valence-corrected chi connectivity index (χ0v) is 70.3. The lowest BCUT2D eigenvalue weighted by molar-refractivity contribution is -0.379. The highest BCUT2D eigenvalue weighted by atomic mass is 16.8. The van der Waals surface area contributed by atoms with Crippen LogP contribution in [0.1, 0.15) is 418 Å². The number of carbonyl (C=O) groups is 1. The van der Waals surface area contributed by atoms with Gasteiger partial charge in [0.1, 0.15) is 73.2 Å². The molecule has 12 N–H and O–H groups in total. The van der Waals surface area contributed by atoms with Gasteiger partial charge >= 0.3 is 0 Å². The first kappa shape index (κ1) is 102. The van der Waals surface area contributed by atoms with E-state index in [0.29, 0.717) is 12.8 Å². The molecule has 3 aliphatic rings. The second-order valence-electron chi connectivity index (χ2n) is 33.5. The van der Waals surface area contributed by atoms with Crippen LogP contribution < -0.4 is 5.32 Å². The number of nitrogens with one attached hydrogen (secondary N) is 1. The molecule has 0 aromatic heterocycles. The van der Waals surface area contributed by atoms with Crippen LogP contribution in [0.5, 0.6) is 0 Å². The van der Waals surface area contributed by atoms with Gasteiger partial charge in [-0.3, -0.25) is 4.79 Å². The Labute approximate surface area is 670 Å². The first-order chi connectivity index (χ1) is 53.8. The molecule has 19 heteroatoms. The first-order valence-electron chi connectivity index (χ1n) is 46.6. The van der Waals surface area contributed by atoms with Gasteiger partial charge in [0.25, 0.3) is 0 Å². The summed E-state index contributed by atoms with van der Waals surface area (Å²) in [4.78, 5) is 13.5. The van der Waals surface area contributed by atoms with Gasteiger partial charge in [0.2, 0.25) is 5.91 Å². The number of aliphatic hydroxyl groups is 11. The van der Waals surface area contributed by atoms with Crippen molar-refractivity contribution in [2.24, 2.45) is 0 Å². The maximum atomic E-state index is 13.5. The molecule has 17 atom stereocenters. The molecule has 3 aliphatic heterocycles. The monoisotopic (exact) mass is 1570 g/mol. The maximum absolute atomic E-state index is 13.5. The predicted octanol–water partition coefficient (Wildman–Crippen LogP) is 18.0. The van der Waals surface area contributed by atoms with Crippen molar-refractivity contribution in [3.8, 4) is 0 Å². The normalized spacial score (nSPS) is 25.2.